The van der Waals surface area contributed by atoms with Crippen molar-refractivity contribution in [3.63, 3.8) is 0 Å². The van der Waals surface area contributed by atoms with Gasteiger partial charge in [0, 0.05) is 18.7 Å². The number of nitrogens with zero attached hydrogens (tertiary/aromatic N) is 1. The van der Waals surface area contributed by atoms with Crippen LogP contribution in [-0.2, 0) is 9.59 Å². The second-order valence-corrected chi connectivity index (χ2v) is 7.53. The third-order valence-corrected chi connectivity index (χ3v) is 5.10. The maximum absolute atomic E-state index is 12.7. The average Bonchev–Trinajstić information content (AvgIpc) is 2.92. The van der Waals surface area contributed by atoms with Crippen molar-refractivity contribution >= 4 is 34.8 Å². The molecule has 136 valence electrons. The van der Waals surface area contributed by atoms with E-state index in [9.17, 15) is 9.59 Å². The number of halogens is 1. The molecule has 2 aromatic rings. The highest BCUT2D eigenvalue weighted by Crippen LogP contribution is 2.35. The largest absolute Gasteiger partial charge is 0.326 e. The number of carbonyl (C=O) groups excluding carboxylic acids is 2. The van der Waals surface area contributed by atoms with Crippen LogP contribution < -0.4 is 10.2 Å². The number of aryl methyl sites for hydroxylation is 4. The zero-order chi connectivity index (χ0) is 19.0. The molecule has 26 heavy (non-hydrogen) atoms. The van der Waals surface area contributed by atoms with Gasteiger partial charge in [0.15, 0.2) is 0 Å². The molecule has 0 aromatic heterocycles. The Morgan fingerprint density at radius 1 is 1.08 bits per heavy atom. The summed E-state index contributed by atoms with van der Waals surface area (Å²) in [6.45, 7) is 8.19. The lowest BCUT2D eigenvalue weighted by Crippen LogP contribution is -2.29. The van der Waals surface area contributed by atoms with Gasteiger partial charge in [0.2, 0.25) is 11.8 Å². The number of amides is 2. The van der Waals surface area contributed by atoms with E-state index in [2.05, 4.69) is 5.32 Å². The van der Waals surface area contributed by atoms with Gasteiger partial charge in [0.05, 0.1) is 16.6 Å². The number of hydrogen-bond acceptors (Lipinski definition) is 2. The van der Waals surface area contributed by atoms with E-state index < -0.39 is 0 Å². The molecule has 0 saturated carbocycles. The summed E-state index contributed by atoms with van der Waals surface area (Å²) in [6, 6.07) is 9.78. The molecule has 5 heteroatoms. The zero-order valence-corrected chi connectivity index (χ0v) is 16.3. The van der Waals surface area contributed by atoms with Gasteiger partial charge in [-0.15, -0.1) is 0 Å². The number of carbonyl (C=O) groups is 2. The van der Waals surface area contributed by atoms with Crippen molar-refractivity contribution in [3.8, 4) is 0 Å². The number of nitrogens with one attached hydrogen (secondary N) is 1. The molecule has 1 saturated heterocycles. The molecule has 1 fully saturated rings. The molecule has 0 radical (unpaired) electrons. The molecule has 1 aliphatic rings. The van der Waals surface area contributed by atoms with Crippen LogP contribution in [0.5, 0.6) is 0 Å². The first-order valence-corrected chi connectivity index (χ1v) is 9.09. The third kappa shape index (κ3) is 3.61. The molecule has 1 atom stereocenters. The van der Waals surface area contributed by atoms with E-state index in [1.807, 2.05) is 58.0 Å². The van der Waals surface area contributed by atoms with Crippen LogP contribution in [0.4, 0.5) is 11.4 Å². The van der Waals surface area contributed by atoms with E-state index >= 15 is 0 Å². The highest BCUT2D eigenvalue weighted by atomic mass is 35.5. The van der Waals surface area contributed by atoms with Gasteiger partial charge in [-0.05, 0) is 62.1 Å². The van der Waals surface area contributed by atoms with E-state index in [0.717, 1.165) is 27.9 Å². The van der Waals surface area contributed by atoms with Crippen molar-refractivity contribution in [3.05, 3.63) is 57.6 Å². The Hall–Kier alpha value is -2.33. The summed E-state index contributed by atoms with van der Waals surface area (Å²) in [5.74, 6) is -0.588. The molecule has 0 bridgehead atoms. The van der Waals surface area contributed by atoms with Crippen LogP contribution in [0.1, 0.15) is 28.7 Å². The summed E-state index contributed by atoms with van der Waals surface area (Å²) in [4.78, 5) is 26.9. The van der Waals surface area contributed by atoms with Crippen LogP contribution in [0.2, 0.25) is 5.02 Å². The Labute approximate surface area is 159 Å². The minimum Gasteiger partial charge on any atom is -0.326 e. The first kappa shape index (κ1) is 18.5. The van der Waals surface area contributed by atoms with Crippen LogP contribution in [0.25, 0.3) is 0 Å². The van der Waals surface area contributed by atoms with Crippen molar-refractivity contribution < 1.29 is 9.59 Å². The third-order valence-electron chi connectivity index (χ3n) is 4.81. The summed E-state index contributed by atoms with van der Waals surface area (Å²) < 4.78 is 0. The summed E-state index contributed by atoms with van der Waals surface area (Å²) in [6.07, 6.45) is 0.195. The molecule has 2 amide bonds. The topological polar surface area (TPSA) is 49.4 Å². The average molecular weight is 371 g/mol. The molecule has 0 aliphatic carbocycles. The highest BCUT2D eigenvalue weighted by Gasteiger charge is 2.36. The highest BCUT2D eigenvalue weighted by molar-refractivity contribution is 6.34. The molecule has 0 spiro atoms. The van der Waals surface area contributed by atoms with Gasteiger partial charge in [0.25, 0.3) is 0 Å². The summed E-state index contributed by atoms with van der Waals surface area (Å²) >= 11 is 6.38. The lowest BCUT2D eigenvalue weighted by atomic mass is 10.1. The SMILES string of the molecule is Cc1cc(C)c(N2CC(C(=O)Nc3cc(C)ccc3C)CC2=O)c(Cl)c1. The van der Waals surface area contributed by atoms with Gasteiger partial charge in [-0.2, -0.15) is 0 Å². The number of rotatable bonds is 3. The molecule has 2 aromatic carbocycles. The van der Waals surface area contributed by atoms with Crippen molar-refractivity contribution in [2.45, 2.75) is 34.1 Å². The first-order chi connectivity index (χ1) is 12.3. The molecule has 3 rings (SSSR count). The molecule has 1 unspecified atom stereocenters. The van der Waals surface area contributed by atoms with Gasteiger partial charge < -0.3 is 10.2 Å². The van der Waals surface area contributed by atoms with Crippen molar-refractivity contribution in [1.29, 1.82) is 0 Å². The molecular formula is C21H23ClN2O2. The lowest BCUT2D eigenvalue weighted by molar-refractivity contribution is -0.122. The predicted octanol–water partition coefficient (Wildman–Crippen LogP) is 4.57. The van der Waals surface area contributed by atoms with Gasteiger partial charge in [-0.25, -0.2) is 0 Å². The Morgan fingerprint density at radius 3 is 2.50 bits per heavy atom. The van der Waals surface area contributed by atoms with E-state index in [4.69, 9.17) is 11.6 Å². The van der Waals surface area contributed by atoms with Crippen LogP contribution in [-0.4, -0.2) is 18.4 Å². The van der Waals surface area contributed by atoms with Crippen LogP contribution >= 0.6 is 11.6 Å². The molecule has 1 aliphatic heterocycles. The summed E-state index contributed by atoms with van der Waals surface area (Å²) in [5, 5.41) is 3.52. The maximum Gasteiger partial charge on any atom is 0.229 e. The normalized spacial score (nSPS) is 16.9. The second-order valence-electron chi connectivity index (χ2n) is 7.13. The Bertz CT molecular complexity index is 869. The van der Waals surface area contributed by atoms with Gasteiger partial charge >= 0.3 is 0 Å². The van der Waals surface area contributed by atoms with Crippen molar-refractivity contribution in [2.24, 2.45) is 5.92 Å². The maximum atomic E-state index is 12.7. The van der Waals surface area contributed by atoms with Crippen LogP contribution in [0, 0.1) is 33.6 Å². The predicted molar refractivity (Wildman–Crippen MR) is 106 cm³/mol. The number of hydrogen-bond donors (Lipinski definition) is 1. The monoisotopic (exact) mass is 370 g/mol. The Balaban J connectivity index is 1.79. The molecule has 1 N–H and O–H groups in total. The van der Waals surface area contributed by atoms with Crippen LogP contribution in [0.3, 0.4) is 0 Å². The number of benzene rings is 2. The summed E-state index contributed by atoms with van der Waals surface area (Å²) in [7, 11) is 0. The van der Waals surface area contributed by atoms with Crippen molar-refractivity contribution in [2.75, 3.05) is 16.8 Å². The minimum atomic E-state index is -0.390. The Kier molecular flexibility index (Phi) is 5.05. The fraction of sp³-hybridized carbons (Fsp3) is 0.333. The fourth-order valence-electron chi connectivity index (χ4n) is 3.45. The van der Waals surface area contributed by atoms with Crippen molar-refractivity contribution in [1.82, 2.24) is 0 Å². The molecular weight excluding hydrogens is 348 g/mol. The molecule has 1 heterocycles. The van der Waals surface area contributed by atoms with E-state index in [1.54, 1.807) is 4.90 Å². The van der Waals surface area contributed by atoms with E-state index in [1.165, 1.54) is 0 Å². The lowest BCUT2D eigenvalue weighted by Gasteiger charge is -2.21. The molecule has 4 nitrogen and oxygen atoms in total. The quantitative estimate of drug-likeness (QED) is 0.860. The first-order valence-electron chi connectivity index (χ1n) is 8.71. The van der Waals surface area contributed by atoms with E-state index in [-0.39, 0.29) is 24.2 Å². The zero-order valence-electron chi connectivity index (χ0n) is 15.5. The minimum absolute atomic E-state index is 0.0695. The van der Waals surface area contributed by atoms with E-state index in [0.29, 0.717) is 17.3 Å². The standard InChI is InChI=1S/C21H23ClN2O2/c1-12-5-6-14(3)18(9-12)23-21(26)16-10-19(25)24(11-16)20-15(4)7-13(2)8-17(20)22/h5-9,16H,10-11H2,1-4H3,(H,23,26). The summed E-state index contributed by atoms with van der Waals surface area (Å²) in [5.41, 5.74) is 5.58. The van der Waals surface area contributed by atoms with Gasteiger partial charge in [0.1, 0.15) is 0 Å². The second kappa shape index (κ2) is 7.12. The number of anilines is 2. The fourth-order valence-corrected chi connectivity index (χ4v) is 3.88. The van der Waals surface area contributed by atoms with Gasteiger partial charge in [-0.3, -0.25) is 9.59 Å². The van der Waals surface area contributed by atoms with Gasteiger partial charge in [-0.1, -0.05) is 29.8 Å². The smallest absolute Gasteiger partial charge is 0.229 e. The van der Waals surface area contributed by atoms with Crippen LogP contribution in [0.15, 0.2) is 30.3 Å². The Morgan fingerprint density at radius 2 is 1.81 bits per heavy atom.